The molecule has 3 heteroatoms. The molecule has 0 amide bonds. The van der Waals surface area contributed by atoms with Crippen molar-refractivity contribution in [1.29, 1.82) is 0 Å². The molecule has 1 unspecified atom stereocenters. The molecule has 0 aromatic heterocycles. The fourth-order valence-electron chi connectivity index (χ4n) is 1.84. The van der Waals surface area contributed by atoms with Crippen LogP contribution < -0.4 is 0 Å². The number of likely N-dealkylation sites (tertiary alicyclic amines) is 1. The lowest BCUT2D eigenvalue weighted by Gasteiger charge is -2.31. The molecule has 78 valence electrons. The van der Waals surface area contributed by atoms with Crippen LogP contribution in [0.4, 0.5) is 0 Å². The van der Waals surface area contributed by atoms with Gasteiger partial charge in [-0.25, -0.2) is 0 Å². The van der Waals surface area contributed by atoms with E-state index in [0.717, 1.165) is 11.9 Å². The van der Waals surface area contributed by atoms with E-state index in [1.165, 1.54) is 38.8 Å². The van der Waals surface area contributed by atoms with E-state index in [-0.39, 0.29) is 0 Å². The predicted octanol–water partition coefficient (Wildman–Crippen LogP) is 2.27. The third kappa shape index (κ3) is 4.43. The highest BCUT2D eigenvalue weighted by molar-refractivity contribution is 9.09. The van der Waals surface area contributed by atoms with E-state index in [1.807, 2.05) is 7.11 Å². The Morgan fingerprint density at radius 1 is 1.46 bits per heavy atom. The molecule has 0 aliphatic carbocycles. The second kappa shape index (κ2) is 6.80. The summed E-state index contributed by atoms with van der Waals surface area (Å²) >= 11 is 3.46. The topological polar surface area (TPSA) is 12.5 Å². The average Bonchev–Trinajstić information content (AvgIpc) is 2.19. The number of rotatable bonds is 5. The Labute approximate surface area is 89.8 Å². The molecular formula is C10H20BrNO. The number of halogens is 1. The largest absolute Gasteiger partial charge is 0.380 e. The molecule has 2 nitrogen and oxygen atoms in total. The fraction of sp³-hybridized carbons (Fsp3) is 1.00. The zero-order chi connectivity index (χ0) is 9.52. The molecule has 0 aromatic carbocycles. The summed E-state index contributed by atoms with van der Waals surface area (Å²) in [5.41, 5.74) is 0. The Hall–Kier alpha value is 0.400. The molecule has 1 fully saturated rings. The predicted molar refractivity (Wildman–Crippen MR) is 59.5 cm³/mol. The van der Waals surface area contributed by atoms with Gasteiger partial charge in [0.25, 0.3) is 0 Å². The van der Waals surface area contributed by atoms with Crippen LogP contribution >= 0.6 is 15.9 Å². The molecule has 1 heterocycles. The highest BCUT2D eigenvalue weighted by Crippen LogP contribution is 2.12. The number of ether oxygens (including phenoxy) is 1. The molecule has 1 rings (SSSR count). The van der Waals surface area contributed by atoms with E-state index >= 15 is 0 Å². The molecule has 0 bridgehead atoms. The molecule has 0 aromatic rings. The molecule has 1 atom stereocenters. The first-order valence-electron chi connectivity index (χ1n) is 5.18. The van der Waals surface area contributed by atoms with Crippen molar-refractivity contribution in [2.24, 2.45) is 0 Å². The second-order valence-corrected chi connectivity index (χ2v) is 4.49. The molecule has 0 saturated carbocycles. The van der Waals surface area contributed by atoms with Crippen LogP contribution in [0.25, 0.3) is 0 Å². The number of methoxy groups -OCH3 is 1. The zero-order valence-corrected chi connectivity index (χ0v) is 10.1. The highest BCUT2D eigenvalue weighted by Gasteiger charge is 2.18. The first-order valence-corrected chi connectivity index (χ1v) is 6.30. The van der Waals surface area contributed by atoms with Crippen molar-refractivity contribution in [3.8, 4) is 0 Å². The number of nitrogens with zero attached hydrogens (tertiary/aromatic N) is 1. The van der Waals surface area contributed by atoms with Crippen LogP contribution in [0, 0.1) is 0 Å². The standard InChI is InChI=1S/C10H20BrNO/c1-13-10-5-4-8-12(9-10)7-3-2-6-11/h10H,2-9H2,1H3. The van der Waals surface area contributed by atoms with E-state index < -0.39 is 0 Å². The van der Waals surface area contributed by atoms with Gasteiger partial charge >= 0.3 is 0 Å². The number of hydrogen-bond acceptors (Lipinski definition) is 2. The Balaban J connectivity index is 2.11. The third-order valence-electron chi connectivity index (χ3n) is 2.65. The van der Waals surface area contributed by atoms with Crippen molar-refractivity contribution in [1.82, 2.24) is 4.90 Å². The SMILES string of the molecule is COC1CCCN(CCCCBr)C1. The van der Waals surface area contributed by atoms with Crippen molar-refractivity contribution < 1.29 is 4.74 Å². The summed E-state index contributed by atoms with van der Waals surface area (Å²) in [5.74, 6) is 0. The quantitative estimate of drug-likeness (QED) is 0.548. The molecule has 1 saturated heterocycles. The van der Waals surface area contributed by atoms with Crippen LogP contribution in [0.2, 0.25) is 0 Å². The Morgan fingerprint density at radius 2 is 2.31 bits per heavy atom. The van der Waals surface area contributed by atoms with Crippen molar-refractivity contribution in [3.63, 3.8) is 0 Å². The van der Waals surface area contributed by atoms with Gasteiger partial charge in [0.05, 0.1) is 6.10 Å². The molecule has 1 aliphatic rings. The highest BCUT2D eigenvalue weighted by atomic mass is 79.9. The molecule has 0 N–H and O–H groups in total. The van der Waals surface area contributed by atoms with E-state index in [1.54, 1.807) is 0 Å². The van der Waals surface area contributed by atoms with Crippen LogP contribution in [-0.4, -0.2) is 43.1 Å². The Morgan fingerprint density at radius 3 is 3.00 bits per heavy atom. The van der Waals surface area contributed by atoms with Crippen molar-refractivity contribution in [3.05, 3.63) is 0 Å². The molecular weight excluding hydrogens is 230 g/mol. The minimum atomic E-state index is 0.484. The van der Waals surface area contributed by atoms with Gasteiger partial charge in [-0.2, -0.15) is 0 Å². The molecule has 13 heavy (non-hydrogen) atoms. The lowest BCUT2D eigenvalue weighted by Crippen LogP contribution is -2.39. The molecule has 1 aliphatic heterocycles. The summed E-state index contributed by atoms with van der Waals surface area (Å²) in [4.78, 5) is 2.53. The Bertz CT molecular complexity index is 132. The van der Waals surface area contributed by atoms with Gasteiger partial charge in [0, 0.05) is 19.0 Å². The number of hydrogen-bond donors (Lipinski definition) is 0. The lowest BCUT2D eigenvalue weighted by atomic mass is 10.1. The van der Waals surface area contributed by atoms with E-state index in [4.69, 9.17) is 4.74 Å². The number of unbranched alkanes of at least 4 members (excludes halogenated alkanes) is 1. The third-order valence-corrected chi connectivity index (χ3v) is 3.21. The fourth-order valence-corrected chi connectivity index (χ4v) is 2.24. The number of piperidine rings is 1. The normalized spacial score (nSPS) is 24.9. The van der Waals surface area contributed by atoms with Crippen molar-refractivity contribution >= 4 is 15.9 Å². The van der Waals surface area contributed by atoms with Gasteiger partial charge in [-0.05, 0) is 38.8 Å². The minimum Gasteiger partial charge on any atom is -0.380 e. The van der Waals surface area contributed by atoms with Gasteiger partial charge in [-0.1, -0.05) is 15.9 Å². The van der Waals surface area contributed by atoms with Gasteiger partial charge in [0.1, 0.15) is 0 Å². The lowest BCUT2D eigenvalue weighted by molar-refractivity contribution is 0.0311. The number of alkyl halides is 1. The van der Waals surface area contributed by atoms with Crippen LogP contribution in [0.3, 0.4) is 0 Å². The maximum Gasteiger partial charge on any atom is 0.0698 e. The van der Waals surface area contributed by atoms with Gasteiger partial charge in [-0.3, -0.25) is 0 Å². The monoisotopic (exact) mass is 249 g/mol. The van der Waals surface area contributed by atoms with E-state index in [2.05, 4.69) is 20.8 Å². The summed E-state index contributed by atoms with van der Waals surface area (Å²) in [5, 5.41) is 1.13. The van der Waals surface area contributed by atoms with Gasteiger partial charge in [-0.15, -0.1) is 0 Å². The first-order chi connectivity index (χ1) is 6.36. The van der Waals surface area contributed by atoms with Gasteiger partial charge < -0.3 is 9.64 Å². The summed E-state index contributed by atoms with van der Waals surface area (Å²) in [6, 6.07) is 0. The smallest absolute Gasteiger partial charge is 0.0698 e. The summed E-state index contributed by atoms with van der Waals surface area (Å²) in [7, 11) is 1.83. The molecule has 0 spiro atoms. The second-order valence-electron chi connectivity index (χ2n) is 3.70. The Kier molecular flexibility index (Phi) is 6.00. The maximum atomic E-state index is 5.38. The van der Waals surface area contributed by atoms with Crippen molar-refractivity contribution in [2.75, 3.05) is 32.1 Å². The minimum absolute atomic E-state index is 0.484. The van der Waals surface area contributed by atoms with Gasteiger partial charge in [0.2, 0.25) is 0 Å². The van der Waals surface area contributed by atoms with E-state index in [0.29, 0.717) is 6.10 Å². The van der Waals surface area contributed by atoms with Crippen LogP contribution in [-0.2, 0) is 4.74 Å². The molecule has 0 radical (unpaired) electrons. The zero-order valence-electron chi connectivity index (χ0n) is 8.47. The summed E-state index contributed by atoms with van der Waals surface area (Å²) < 4.78 is 5.38. The summed E-state index contributed by atoms with van der Waals surface area (Å²) in [6.45, 7) is 3.65. The van der Waals surface area contributed by atoms with Crippen LogP contribution in [0.1, 0.15) is 25.7 Å². The first kappa shape index (κ1) is 11.5. The van der Waals surface area contributed by atoms with E-state index in [9.17, 15) is 0 Å². The van der Waals surface area contributed by atoms with Crippen LogP contribution in [0.15, 0.2) is 0 Å². The summed E-state index contributed by atoms with van der Waals surface area (Å²) in [6.07, 6.45) is 5.62. The van der Waals surface area contributed by atoms with Crippen molar-refractivity contribution in [2.45, 2.75) is 31.8 Å². The van der Waals surface area contributed by atoms with Gasteiger partial charge in [0.15, 0.2) is 0 Å². The maximum absolute atomic E-state index is 5.38. The average molecular weight is 250 g/mol. The van der Waals surface area contributed by atoms with Crippen LogP contribution in [0.5, 0.6) is 0 Å².